The number of carbonyl (C=O) groups excluding carboxylic acids is 1. The molecule has 158 valence electrons. The average Bonchev–Trinajstić information content (AvgIpc) is 3.41. The summed E-state index contributed by atoms with van der Waals surface area (Å²) >= 11 is 9.06. The highest BCUT2D eigenvalue weighted by Crippen LogP contribution is 2.35. The molecule has 0 bridgehead atoms. The lowest BCUT2D eigenvalue weighted by Gasteiger charge is -2.08. The van der Waals surface area contributed by atoms with Crippen LogP contribution in [-0.2, 0) is 17.8 Å². The van der Waals surface area contributed by atoms with Crippen molar-refractivity contribution in [2.24, 2.45) is 0 Å². The third kappa shape index (κ3) is 5.28. The third-order valence-corrected chi connectivity index (χ3v) is 7.02. The maximum atomic E-state index is 12.2. The van der Waals surface area contributed by atoms with Crippen molar-refractivity contribution in [3.8, 4) is 20.5 Å². The van der Waals surface area contributed by atoms with E-state index in [4.69, 9.17) is 11.6 Å². The number of halogens is 1. The van der Waals surface area contributed by atoms with Gasteiger partial charge in [0.05, 0.1) is 28.4 Å². The molecule has 4 aromatic rings. The first kappa shape index (κ1) is 21.4. The zero-order chi connectivity index (χ0) is 21.8. The molecule has 3 aromatic heterocycles. The number of thiazole rings is 1. The number of nitrogens with zero attached hydrogens (tertiary/aromatic N) is 3. The van der Waals surface area contributed by atoms with Crippen molar-refractivity contribution in [3.63, 3.8) is 0 Å². The smallest absolute Gasteiger partial charge is 0.266 e. The van der Waals surface area contributed by atoms with Crippen LogP contribution in [-0.4, -0.2) is 27.2 Å². The first-order chi connectivity index (χ1) is 15.0. The summed E-state index contributed by atoms with van der Waals surface area (Å²) in [6, 6.07) is 14.4. The molecule has 0 saturated heterocycles. The minimum Gasteiger partial charge on any atom is -0.354 e. The van der Waals surface area contributed by atoms with Crippen molar-refractivity contribution in [1.82, 2.24) is 20.1 Å². The van der Waals surface area contributed by atoms with Gasteiger partial charge in [-0.15, -0.1) is 22.7 Å². The maximum Gasteiger partial charge on any atom is 0.266 e. The average molecular weight is 471 g/mol. The Hall–Kier alpha value is -2.81. The van der Waals surface area contributed by atoms with Crippen molar-refractivity contribution >= 4 is 40.2 Å². The summed E-state index contributed by atoms with van der Waals surface area (Å²) in [6.45, 7) is 2.54. The monoisotopic (exact) mass is 470 g/mol. The minimum atomic E-state index is -0.212. The summed E-state index contributed by atoms with van der Waals surface area (Å²) in [5.74, 6) is -0.120. The highest BCUT2D eigenvalue weighted by molar-refractivity contribution is 7.23. The fourth-order valence-electron chi connectivity index (χ4n) is 3.02. The molecule has 1 N–H and O–H groups in total. The molecule has 0 aliphatic carbocycles. The number of aromatic nitrogens is 3. The summed E-state index contributed by atoms with van der Waals surface area (Å²) in [4.78, 5) is 31.1. The van der Waals surface area contributed by atoms with Gasteiger partial charge < -0.3 is 5.32 Å². The summed E-state index contributed by atoms with van der Waals surface area (Å²) in [7, 11) is 0. The van der Waals surface area contributed by atoms with Gasteiger partial charge in [-0.1, -0.05) is 29.8 Å². The van der Waals surface area contributed by atoms with Crippen LogP contribution >= 0.6 is 34.3 Å². The van der Waals surface area contributed by atoms with E-state index in [9.17, 15) is 9.59 Å². The number of nitrogens with one attached hydrogen (secondary N) is 1. The van der Waals surface area contributed by atoms with Gasteiger partial charge in [-0.2, -0.15) is 5.10 Å². The number of carbonyl (C=O) groups is 1. The van der Waals surface area contributed by atoms with Crippen LogP contribution in [0.4, 0.5) is 0 Å². The lowest BCUT2D eigenvalue weighted by Crippen LogP contribution is -2.32. The molecule has 0 fully saturated rings. The Balaban J connectivity index is 1.42. The van der Waals surface area contributed by atoms with E-state index in [1.165, 1.54) is 10.7 Å². The number of hydrogen-bond donors (Lipinski definition) is 1. The normalized spacial score (nSPS) is 10.9. The van der Waals surface area contributed by atoms with Gasteiger partial charge in [-0.05, 0) is 42.1 Å². The largest absolute Gasteiger partial charge is 0.354 e. The Morgan fingerprint density at radius 3 is 2.71 bits per heavy atom. The fourth-order valence-corrected chi connectivity index (χ4v) is 4.98. The van der Waals surface area contributed by atoms with Gasteiger partial charge in [0.15, 0.2) is 0 Å². The van der Waals surface area contributed by atoms with Crippen LogP contribution in [0.3, 0.4) is 0 Å². The minimum absolute atomic E-state index is 0.120. The van der Waals surface area contributed by atoms with E-state index in [-0.39, 0.29) is 24.4 Å². The molecule has 0 spiro atoms. The molecular weight excluding hydrogens is 452 g/mol. The van der Waals surface area contributed by atoms with E-state index in [2.05, 4.69) is 15.4 Å². The first-order valence-corrected chi connectivity index (χ1v) is 11.7. The molecule has 3 heterocycles. The second-order valence-electron chi connectivity index (χ2n) is 6.84. The Bertz CT molecular complexity index is 1250. The molecule has 4 rings (SSSR count). The molecule has 1 amide bonds. The highest BCUT2D eigenvalue weighted by atomic mass is 35.5. The van der Waals surface area contributed by atoms with Crippen molar-refractivity contribution < 1.29 is 4.79 Å². The molecule has 0 radical (unpaired) electrons. The van der Waals surface area contributed by atoms with Gasteiger partial charge in [0.2, 0.25) is 5.91 Å². The summed E-state index contributed by atoms with van der Waals surface area (Å²) < 4.78 is 1.38. The zero-order valence-electron chi connectivity index (χ0n) is 16.7. The van der Waals surface area contributed by atoms with Crippen molar-refractivity contribution in [2.75, 3.05) is 6.54 Å². The predicted molar refractivity (Wildman–Crippen MR) is 126 cm³/mol. The molecule has 31 heavy (non-hydrogen) atoms. The van der Waals surface area contributed by atoms with Gasteiger partial charge in [0.1, 0.15) is 10.7 Å². The number of amides is 1. The predicted octanol–water partition coefficient (Wildman–Crippen LogP) is 4.42. The molecule has 0 aliphatic heterocycles. The lowest BCUT2D eigenvalue weighted by molar-refractivity contribution is -0.120. The molecule has 0 saturated carbocycles. The standard InChI is InChI=1S/C22H19ClN4O2S2/c1-14-21(31-22(25-14)18-3-2-12-30-18)17-8-9-20(29)27(26-17)11-10-24-19(28)13-15-4-6-16(23)7-5-15/h2-9,12H,10-11,13H2,1H3,(H,24,28). The van der Waals surface area contributed by atoms with Crippen molar-refractivity contribution in [3.05, 3.63) is 80.5 Å². The number of benzene rings is 1. The van der Waals surface area contributed by atoms with E-state index >= 15 is 0 Å². The van der Waals surface area contributed by atoms with Crippen molar-refractivity contribution in [1.29, 1.82) is 0 Å². The van der Waals surface area contributed by atoms with Gasteiger partial charge in [-0.3, -0.25) is 9.59 Å². The van der Waals surface area contributed by atoms with Crippen LogP contribution in [0.1, 0.15) is 11.3 Å². The third-order valence-electron chi connectivity index (χ3n) is 4.55. The van der Waals surface area contributed by atoms with E-state index in [0.717, 1.165) is 26.0 Å². The fraction of sp³-hybridized carbons (Fsp3) is 0.182. The first-order valence-electron chi connectivity index (χ1n) is 9.60. The summed E-state index contributed by atoms with van der Waals surface area (Å²) in [5, 5.41) is 10.9. The van der Waals surface area contributed by atoms with Crippen LogP contribution in [0, 0.1) is 6.92 Å². The van der Waals surface area contributed by atoms with Gasteiger partial charge >= 0.3 is 0 Å². The van der Waals surface area contributed by atoms with Crippen LogP contribution in [0.15, 0.2) is 58.7 Å². The van der Waals surface area contributed by atoms with E-state index < -0.39 is 0 Å². The Labute approximate surface area is 192 Å². The highest BCUT2D eigenvalue weighted by Gasteiger charge is 2.14. The maximum absolute atomic E-state index is 12.2. The molecular formula is C22H19ClN4O2S2. The molecule has 0 aliphatic rings. The Kier molecular flexibility index (Phi) is 6.60. The van der Waals surface area contributed by atoms with Gasteiger partial charge in [-0.25, -0.2) is 9.67 Å². The quantitative estimate of drug-likeness (QED) is 0.434. The molecule has 9 heteroatoms. The van der Waals surface area contributed by atoms with Crippen LogP contribution < -0.4 is 10.9 Å². The number of thiophene rings is 1. The van der Waals surface area contributed by atoms with Crippen molar-refractivity contribution in [2.45, 2.75) is 19.9 Å². The lowest BCUT2D eigenvalue weighted by atomic mass is 10.1. The molecule has 6 nitrogen and oxygen atoms in total. The second-order valence-corrected chi connectivity index (χ2v) is 9.23. The number of rotatable bonds is 7. The van der Waals surface area contributed by atoms with Gasteiger partial charge in [0, 0.05) is 17.6 Å². The topological polar surface area (TPSA) is 76.9 Å². The van der Waals surface area contributed by atoms with E-state index in [1.807, 2.05) is 36.6 Å². The second kappa shape index (κ2) is 9.55. The zero-order valence-corrected chi connectivity index (χ0v) is 19.1. The summed E-state index contributed by atoms with van der Waals surface area (Å²) in [6.07, 6.45) is 0.255. The van der Waals surface area contributed by atoms with Crippen LogP contribution in [0.25, 0.3) is 20.5 Å². The number of hydrogen-bond acceptors (Lipinski definition) is 6. The number of aryl methyl sites for hydroxylation is 1. The molecule has 0 atom stereocenters. The van der Waals surface area contributed by atoms with Crippen LogP contribution in [0.2, 0.25) is 5.02 Å². The van der Waals surface area contributed by atoms with E-state index in [1.54, 1.807) is 40.9 Å². The van der Waals surface area contributed by atoms with Gasteiger partial charge in [0.25, 0.3) is 5.56 Å². The summed E-state index contributed by atoms with van der Waals surface area (Å²) in [5.41, 5.74) is 2.24. The Morgan fingerprint density at radius 1 is 1.16 bits per heavy atom. The molecule has 0 unspecified atom stereocenters. The Morgan fingerprint density at radius 2 is 1.97 bits per heavy atom. The van der Waals surface area contributed by atoms with E-state index in [0.29, 0.717) is 17.3 Å². The SMILES string of the molecule is Cc1nc(-c2cccs2)sc1-c1ccc(=O)n(CCNC(=O)Cc2ccc(Cl)cc2)n1. The van der Waals surface area contributed by atoms with Crippen LogP contribution in [0.5, 0.6) is 0 Å². The molecule has 1 aromatic carbocycles.